The molecular formula is C23H25NO4. The first-order valence-electron chi connectivity index (χ1n) is 9.74. The molecule has 5 heteroatoms. The summed E-state index contributed by atoms with van der Waals surface area (Å²) >= 11 is 0. The number of likely N-dealkylation sites (tertiary alicyclic amines) is 1. The molecule has 2 heterocycles. The minimum absolute atomic E-state index is 0.0362. The summed E-state index contributed by atoms with van der Waals surface area (Å²) in [7, 11) is 0. The van der Waals surface area contributed by atoms with Gasteiger partial charge >= 0.3 is 5.97 Å². The lowest BCUT2D eigenvalue weighted by atomic mass is 9.72. The molecule has 0 saturated carbocycles. The van der Waals surface area contributed by atoms with Crippen LogP contribution in [0.2, 0.25) is 0 Å². The first-order chi connectivity index (χ1) is 13.4. The van der Waals surface area contributed by atoms with Crippen molar-refractivity contribution in [3.8, 4) is 5.75 Å². The van der Waals surface area contributed by atoms with Gasteiger partial charge in [0.25, 0.3) is 0 Å². The molecule has 2 aliphatic rings. The largest absolute Gasteiger partial charge is 0.492 e. The van der Waals surface area contributed by atoms with E-state index >= 15 is 0 Å². The molecule has 2 aromatic carbocycles. The number of aliphatic carboxylic acids is 1. The highest BCUT2D eigenvalue weighted by atomic mass is 16.5. The van der Waals surface area contributed by atoms with E-state index in [-0.39, 0.29) is 11.8 Å². The van der Waals surface area contributed by atoms with Gasteiger partial charge in [-0.1, -0.05) is 36.4 Å². The van der Waals surface area contributed by atoms with Crippen LogP contribution in [0.1, 0.15) is 41.0 Å². The number of nitrogens with zero attached hydrogens (tertiary/aromatic N) is 1. The van der Waals surface area contributed by atoms with Crippen molar-refractivity contribution >= 4 is 11.9 Å². The highest BCUT2D eigenvalue weighted by Gasteiger charge is 2.45. The van der Waals surface area contributed by atoms with Crippen LogP contribution in [0.5, 0.6) is 5.75 Å². The van der Waals surface area contributed by atoms with Gasteiger partial charge in [0, 0.05) is 18.7 Å². The molecule has 5 nitrogen and oxygen atoms in total. The van der Waals surface area contributed by atoms with Crippen LogP contribution in [-0.4, -0.2) is 41.6 Å². The maximum Gasteiger partial charge on any atom is 0.314 e. The number of piperidine rings is 1. The van der Waals surface area contributed by atoms with Gasteiger partial charge in [-0.25, -0.2) is 0 Å². The normalized spacial score (nSPS) is 20.4. The van der Waals surface area contributed by atoms with Crippen molar-refractivity contribution in [3.05, 3.63) is 64.7 Å². The molecule has 0 aliphatic carbocycles. The van der Waals surface area contributed by atoms with Crippen LogP contribution in [0.3, 0.4) is 0 Å². The minimum atomic E-state index is -0.921. The van der Waals surface area contributed by atoms with E-state index in [1.807, 2.05) is 55.1 Å². The van der Waals surface area contributed by atoms with Gasteiger partial charge < -0.3 is 14.7 Å². The van der Waals surface area contributed by atoms with Gasteiger partial charge in [0.2, 0.25) is 5.91 Å². The van der Waals surface area contributed by atoms with Crippen molar-refractivity contribution in [2.24, 2.45) is 0 Å². The van der Waals surface area contributed by atoms with Gasteiger partial charge in [0.05, 0.1) is 5.41 Å². The lowest BCUT2D eigenvalue weighted by Gasteiger charge is -2.40. The third-order valence-corrected chi connectivity index (χ3v) is 6.37. The van der Waals surface area contributed by atoms with Gasteiger partial charge in [-0.05, 0) is 49.4 Å². The number of hydrogen-bond acceptors (Lipinski definition) is 3. The molecule has 1 saturated heterocycles. The Morgan fingerprint density at radius 1 is 1.07 bits per heavy atom. The second kappa shape index (κ2) is 6.97. The minimum Gasteiger partial charge on any atom is -0.492 e. The van der Waals surface area contributed by atoms with E-state index in [9.17, 15) is 14.7 Å². The zero-order valence-corrected chi connectivity index (χ0v) is 16.3. The quantitative estimate of drug-likeness (QED) is 0.887. The number of ether oxygens (including phenoxy) is 1. The average Bonchev–Trinajstić information content (AvgIpc) is 3.11. The van der Waals surface area contributed by atoms with Crippen molar-refractivity contribution < 1.29 is 19.4 Å². The number of fused-ring (bicyclic) bond motifs is 1. The number of hydrogen-bond donors (Lipinski definition) is 1. The van der Waals surface area contributed by atoms with E-state index in [4.69, 9.17) is 4.74 Å². The summed E-state index contributed by atoms with van der Waals surface area (Å²) in [5.41, 5.74) is 3.14. The first-order valence-corrected chi connectivity index (χ1v) is 9.74. The number of benzene rings is 2. The second-order valence-electron chi connectivity index (χ2n) is 7.92. The fourth-order valence-corrected chi connectivity index (χ4v) is 4.39. The van der Waals surface area contributed by atoms with Gasteiger partial charge in [0.1, 0.15) is 18.3 Å². The number of amides is 1. The summed E-state index contributed by atoms with van der Waals surface area (Å²) in [6.07, 6.45) is 0.844. The lowest BCUT2D eigenvalue weighted by Crippen LogP contribution is -2.50. The fourth-order valence-electron chi connectivity index (χ4n) is 4.39. The highest BCUT2D eigenvalue weighted by molar-refractivity contribution is 5.87. The van der Waals surface area contributed by atoms with Crippen LogP contribution < -0.4 is 4.74 Å². The molecule has 1 unspecified atom stereocenters. The second-order valence-corrected chi connectivity index (χ2v) is 7.92. The van der Waals surface area contributed by atoms with Gasteiger partial charge in [-0.3, -0.25) is 9.59 Å². The van der Waals surface area contributed by atoms with Crippen LogP contribution >= 0.6 is 0 Å². The summed E-state index contributed by atoms with van der Waals surface area (Å²) < 4.78 is 5.77. The Labute approximate surface area is 164 Å². The molecule has 0 radical (unpaired) electrons. The molecule has 1 fully saturated rings. The van der Waals surface area contributed by atoms with Crippen LogP contribution in [0.25, 0.3) is 0 Å². The fraction of sp³-hybridized carbons (Fsp3) is 0.391. The Hall–Kier alpha value is -2.82. The van der Waals surface area contributed by atoms with E-state index in [1.165, 1.54) is 0 Å². The molecule has 2 aromatic rings. The van der Waals surface area contributed by atoms with Crippen molar-refractivity contribution in [2.45, 2.75) is 38.0 Å². The predicted molar refractivity (Wildman–Crippen MR) is 106 cm³/mol. The van der Waals surface area contributed by atoms with Gasteiger partial charge in [-0.2, -0.15) is 0 Å². The van der Waals surface area contributed by atoms with Crippen LogP contribution in [-0.2, 0) is 15.0 Å². The third kappa shape index (κ3) is 2.95. The number of carbonyl (C=O) groups excluding carboxylic acids is 1. The number of carbonyl (C=O) groups is 2. The Kier molecular flexibility index (Phi) is 4.61. The topological polar surface area (TPSA) is 66.8 Å². The highest BCUT2D eigenvalue weighted by Crippen LogP contribution is 2.40. The molecule has 0 bridgehead atoms. The zero-order chi connectivity index (χ0) is 19.9. The molecule has 146 valence electrons. The monoisotopic (exact) mass is 379 g/mol. The summed E-state index contributed by atoms with van der Waals surface area (Å²) in [6.45, 7) is 5.31. The molecule has 0 aromatic heterocycles. The van der Waals surface area contributed by atoms with Crippen molar-refractivity contribution in [1.29, 1.82) is 0 Å². The Bertz CT molecular complexity index is 914. The SMILES string of the molecule is Cc1cc2c(cc1C)C(C(=O)N1CCC(C(=O)O)(c3ccccc3)CC1)CO2. The Balaban J connectivity index is 1.53. The van der Waals surface area contributed by atoms with Crippen molar-refractivity contribution in [3.63, 3.8) is 0 Å². The Morgan fingerprint density at radius 2 is 1.71 bits per heavy atom. The van der Waals surface area contributed by atoms with Crippen LogP contribution in [0.15, 0.2) is 42.5 Å². The smallest absolute Gasteiger partial charge is 0.314 e. The van der Waals surface area contributed by atoms with Crippen molar-refractivity contribution in [1.82, 2.24) is 4.90 Å². The number of aryl methyl sites for hydroxylation is 2. The molecule has 28 heavy (non-hydrogen) atoms. The van der Waals surface area contributed by atoms with Crippen molar-refractivity contribution in [2.75, 3.05) is 19.7 Å². The van der Waals surface area contributed by atoms with E-state index in [2.05, 4.69) is 6.07 Å². The zero-order valence-electron chi connectivity index (χ0n) is 16.3. The summed E-state index contributed by atoms with van der Waals surface area (Å²) in [4.78, 5) is 27.1. The Morgan fingerprint density at radius 3 is 2.36 bits per heavy atom. The van der Waals surface area contributed by atoms with Gasteiger partial charge in [-0.15, -0.1) is 0 Å². The standard InChI is InChI=1S/C23H25NO4/c1-15-12-18-19(14-28-20(18)13-16(15)2)21(25)24-10-8-23(9-11-24,22(26)27)17-6-4-3-5-7-17/h3-7,12-13,19H,8-11,14H2,1-2H3,(H,26,27). The van der Waals surface area contributed by atoms with E-state index < -0.39 is 11.4 Å². The maximum atomic E-state index is 13.2. The molecule has 1 N–H and O–H groups in total. The van der Waals surface area contributed by atoms with Gasteiger partial charge in [0.15, 0.2) is 0 Å². The summed E-state index contributed by atoms with van der Waals surface area (Å²) in [5, 5.41) is 9.94. The van der Waals surface area contributed by atoms with E-state index in [0.29, 0.717) is 32.5 Å². The molecule has 4 rings (SSSR count). The molecule has 2 aliphatic heterocycles. The summed E-state index contributed by atoms with van der Waals surface area (Å²) in [5.74, 6) is -0.286. The first kappa shape index (κ1) is 18.5. The van der Waals surface area contributed by atoms with Crippen LogP contribution in [0, 0.1) is 13.8 Å². The third-order valence-electron chi connectivity index (χ3n) is 6.37. The molecule has 1 amide bonds. The number of rotatable bonds is 3. The molecule has 1 atom stereocenters. The molecule has 0 spiro atoms. The van der Waals surface area contributed by atoms with E-state index in [0.717, 1.165) is 28.0 Å². The average molecular weight is 379 g/mol. The maximum absolute atomic E-state index is 13.2. The molecular weight excluding hydrogens is 354 g/mol. The lowest BCUT2D eigenvalue weighted by molar-refractivity contribution is -0.148. The predicted octanol–water partition coefficient (Wildman–Crippen LogP) is 3.42. The summed E-state index contributed by atoms with van der Waals surface area (Å²) in [6, 6.07) is 13.4. The van der Waals surface area contributed by atoms with Crippen LogP contribution in [0.4, 0.5) is 0 Å². The number of carboxylic acids is 1. The van der Waals surface area contributed by atoms with E-state index in [1.54, 1.807) is 0 Å². The number of carboxylic acid groups (broad SMARTS) is 1.